The van der Waals surface area contributed by atoms with Gasteiger partial charge in [-0.1, -0.05) is 46.9 Å². The Morgan fingerprint density at radius 3 is 2.31 bits per heavy atom. The van der Waals surface area contributed by atoms with E-state index in [0.29, 0.717) is 42.1 Å². The fourth-order valence-electron chi connectivity index (χ4n) is 2.80. The van der Waals surface area contributed by atoms with Crippen LogP contribution in [-0.2, 0) is 11.4 Å². The molecule has 4 nitrogen and oxygen atoms in total. The highest BCUT2D eigenvalue weighted by atomic mass is 35.5. The molecule has 32 heavy (non-hydrogen) atoms. The molecule has 0 aromatic heterocycles. The predicted molar refractivity (Wildman–Crippen MR) is 129 cm³/mol. The van der Waals surface area contributed by atoms with E-state index in [2.05, 4.69) is 10.3 Å². The molecule has 0 radical (unpaired) electrons. The molecule has 0 unspecified atom stereocenters. The van der Waals surface area contributed by atoms with Crippen molar-refractivity contribution in [1.29, 1.82) is 0 Å². The van der Waals surface area contributed by atoms with Crippen LogP contribution in [0.5, 0.6) is 5.75 Å². The van der Waals surface area contributed by atoms with Crippen LogP contribution in [0.15, 0.2) is 70.6 Å². The Morgan fingerprint density at radius 2 is 1.66 bits per heavy atom. The van der Waals surface area contributed by atoms with Crippen molar-refractivity contribution in [2.24, 2.45) is 4.99 Å². The largest absolute Gasteiger partial charge is 0.486 e. The number of carbonyl (C=O) groups is 1. The number of thioether (sulfide) groups is 1. The normalized spacial score (nSPS) is 15.9. The standard InChI is InChI=1S/C23H14Cl3FN2O2S/c24-15-3-7-17(8-4-15)28-23-29-22(30)20(32-23)11-14-9-18(25)21(19(26)10-14)31-12-13-1-5-16(27)6-2-13/h1-11H,12H2,(H,28,29,30)/b20-11-. The highest BCUT2D eigenvalue weighted by Gasteiger charge is 2.24. The number of amidine groups is 1. The van der Waals surface area contributed by atoms with E-state index in [1.54, 1.807) is 54.6 Å². The van der Waals surface area contributed by atoms with Gasteiger partial charge in [-0.15, -0.1) is 0 Å². The number of hydrogen-bond acceptors (Lipinski definition) is 4. The van der Waals surface area contributed by atoms with E-state index in [1.807, 2.05) is 0 Å². The van der Waals surface area contributed by atoms with Crippen LogP contribution < -0.4 is 10.1 Å². The first kappa shape index (κ1) is 22.7. The summed E-state index contributed by atoms with van der Waals surface area (Å²) >= 11 is 19.8. The Bertz CT molecular complexity index is 1210. The van der Waals surface area contributed by atoms with Crippen molar-refractivity contribution in [1.82, 2.24) is 5.32 Å². The van der Waals surface area contributed by atoms with Crippen LogP contribution in [0.4, 0.5) is 10.1 Å². The first-order valence-electron chi connectivity index (χ1n) is 9.29. The molecule has 0 atom stereocenters. The summed E-state index contributed by atoms with van der Waals surface area (Å²) in [5.74, 6) is -0.280. The molecule has 0 spiro atoms. The van der Waals surface area contributed by atoms with Crippen LogP contribution in [0.25, 0.3) is 6.08 Å². The van der Waals surface area contributed by atoms with Gasteiger partial charge in [-0.05, 0) is 77.5 Å². The minimum Gasteiger partial charge on any atom is -0.486 e. The van der Waals surface area contributed by atoms with Crippen molar-refractivity contribution in [2.45, 2.75) is 6.61 Å². The quantitative estimate of drug-likeness (QED) is 0.370. The Morgan fingerprint density at radius 1 is 1.00 bits per heavy atom. The lowest BCUT2D eigenvalue weighted by atomic mass is 10.2. The molecule has 1 aliphatic rings. The van der Waals surface area contributed by atoms with Gasteiger partial charge < -0.3 is 10.1 Å². The SMILES string of the molecule is O=C1NC(=Nc2ccc(Cl)cc2)S/C1=C\c1cc(Cl)c(OCc2ccc(F)cc2)c(Cl)c1. The van der Waals surface area contributed by atoms with Gasteiger partial charge in [-0.3, -0.25) is 4.79 Å². The first-order chi connectivity index (χ1) is 15.4. The van der Waals surface area contributed by atoms with Gasteiger partial charge in [0, 0.05) is 5.02 Å². The fraction of sp³-hybridized carbons (Fsp3) is 0.0435. The number of aliphatic imine (C=N–C) groups is 1. The predicted octanol–water partition coefficient (Wildman–Crippen LogP) is 7.26. The first-order valence-corrected chi connectivity index (χ1v) is 11.2. The number of nitrogens with zero attached hydrogens (tertiary/aromatic N) is 1. The van der Waals surface area contributed by atoms with E-state index in [1.165, 1.54) is 23.9 Å². The van der Waals surface area contributed by atoms with Crippen LogP contribution in [0.1, 0.15) is 11.1 Å². The molecule has 1 N–H and O–H groups in total. The molecule has 3 aromatic carbocycles. The summed E-state index contributed by atoms with van der Waals surface area (Å²) in [7, 11) is 0. The number of halogens is 4. The van der Waals surface area contributed by atoms with Crippen LogP contribution >= 0.6 is 46.6 Å². The second-order valence-electron chi connectivity index (χ2n) is 6.69. The second kappa shape index (κ2) is 9.96. The molecule has 0 aliphatic carbocycles. The van der Waals surface area contributed by atoms with Crippen LogP contribution in [0, 0.1) is 5.82 Å². The minimum absolute atomic E-state index is 0.183. The third kappa shape index (κ3) is 5.64. The van der Waals surface area contributed by atoms with Gasteiger partial charge in [0.05, 0.1) is 20.6 Å². The van der Waals surface area contributed by atoms with Crippen LogP contribution in [-0.4, -0.2) is 11.1 Å². The summed E-state index contributed by atoms with van der Waals surface area (Å²) in [4.78, 5) is 17.2. The summed E-state index contributed by atoms with van der Waals surface area (Å²) < 4.78 is 18.7. The summed E-state index contributed by atoms with van der Waals surface area (Å²) in [5, 5.41) is 4.38. The average molecular weight is 508 g/mol. The molecule has 9 heteroatoms. The number of rotatable bonds is 5. The third-order valence-corrected chi connectivity index (χ3v) is 6.05. The number of hydrogen-bond donors (Lipinski definition) is 1. The fourth-order valence-corrected chi connectivity index (χ4v) is 4.38. The smallest absolute Gasteiger partial charge is 0.264 e. The summed E-state index contributed by atoms with van der Waals surface area (Å²) in [5.41, 5.74) is 2.09. The zero-order valence-electron chi connectivity index (χ0n) is 16.2. The van der Waals surface area contributed by atoms with Crippen molar-refractivity contribution in [3.63, 3.8) is 0 Å². The zero-order chi connectivity index (χ0) is 22.7. The highest BCUT2D eigenvalue weighted by molar-refractivity contribution is 8.18. The van der Waals surface area contributed by atoms with E-state index in [0.717, 1.165) is 5.56 Å². The molecule has 4 rings (SSSR count). The molecular formula is C23H14Cl3FN2O2S. The molecule has 1 amide bonds. The van der Waals surface area contributed by atoms with Gasteiger partial charge in [0.25, 0.3) is 5.91 Å². The average Bonchev–Trinajstić information content (AvgIpc) is 3.09. The summed E-state index contributed by atoms with van der Waals surface area (Å²) in [6.07, 6.45) is 1.67. The summed E-state index contributed by atoms with van der Waals surface area (Å²) in [6.45, 7) is 0.183. The monoisotopic (exact) mass is 506 g/mol. The maximum absolute atomic E-state index is 13.0. The molecule has 1 saturated heterocycles. The molecule has 0 bridgehead atoms. The Labute approximate surface area is 203 Å². The van der Waals surface area contributed by atoms with Crippen molar-refractivity contribution in [2.75, 3.05) is 0 Å². The van der Waals surface area contributed by atoms with Gasteiger partial charge in [0.15, 0.2) is 10.9 Å². The van der Waals surface area contributed by atoms with Crippen molar-refractivity contribution in [3.05, 3.63) is 97.6 Å². The van der Waals surface area contributed by atoms with E-state index >= 15 is 0 Å². The minimum atomic E-state index is -0.322. The number of nitrogens with one attached hydrogen (secondary N) is 1. The number of benzene rings is 3. The maximum atomic E-state index is 13.0. The molecule has 0 saturated carbocycles. The van der Waals surface area contributed by atoms with Gasteiger partial charge >= 0.3 is 0 Å². The van der Waals surface area contributed by atoms with Gasteiger partial charge in [0.1, 0.15) is 12.4 Å². The van der Waals surface area contributed by atoms with Crippen molar-refractivity contribution < 1.29 is 13.9 Å². The van der Waals surface area contributed by atoms with E-state index < -0.39 is 0 Å². The molecule has 162 valence electrons. The summed E-state index contributed by atoms with van der Waals surface area (Å²) in [6, 6.07) is 16.2. The van der Waals surface area contributed by atoms with Gasteiger partial charge in [0.2, 0.25) is 0 Å². The van der Waals surface area contributed by atoms with Crippen molar-refractivity contribution >= 4 is 69.4 Å². The van der Waals surface area contributed by atoms with Gasteiger partial charge in [-0.25, -0.2) is 9.38 Å². The lowest BCUT2D eigenvalue weighted by molar-refractivity contribution is -0.115. The van der Waals surface area contributed by atoms with E-state index in [-0.39, 0.29) is 18.3 Å². The number of carbonyl (C=O) groups excluding carboxylic acids is 1. The molecule has 3 aromatic rings. The van der Waals surface area contributed by atoms with Crippen LogP contribution in [0.3, 0.4) is 0 Å². The Kier molecular flexibility index (Phi) is 7.06. The molecule has 1 heterocycles. The van der Waals surface area contributed by atoms with Gasteiger partial charge in [-0.2, -0.15) is 0 Å². The van der Waals surface area contributed by atoms with E-state index in [4.69, 9.17) is 39.5 Å². The Hall–Kier alpha value is -2.51. The lowest BCUT2D eigenvalue weighted by Gasteiger charge is -2.11. The maximum Gasteiger partial charge on any atom is 0.264 e. The van der Waals surface area contributed by atoms with Crippen molar-refractivity contribution in [3.8, 4) is 5.75 Å². The second-order valence-corrected chi connectivity index (χ2v) is 8.97. The molecule has 1 aliphatic heterocycles. The number of ether oxygens (including phenoxy) is 1. The van der Waals surface area contributed by atoms with E-state index in [9.17, 15) is 9.18 Å². The zero-order valence-corrected chi connectivity index (χ0v) is 19.3. The molecular weight excluding hydrogens is 494 g/mol. The number of amides is 1. The van der Waals surface area contributed by atoms with Crippen LogP contribution in [0.2, 0.25) is 15.1 Å². The Balaban J connectivity index is 1.49. The topological polar surface area (TPSA) is 50.7 Å². The third-order valence-electron chi connectivity index (χ3n) is 4.32. The molecule has 1 fully saturated rings. The lowest BCUT2D eigenvalue weighted by Crippen LogP contribution is -2.19. The highest BCUT2D eigenvalue weighted by Crippen LogP contribution is 2.37.